The number of rotatable bonds is 7. The third-order valence-electron chi connectivity index (χ3n) is 6.84. The number of amides is 3. The highest BCUT2D eigenvalue weighted by atomic mass is 16.6. The van der Waals surface area contributed by atoms with Crippen LogP contribution in [0.3, 0.4) is 0 Å². The Morgan fingerprint density at radius 2 is 1.67 bits per heavy atom. The molecule has 2 fully saturated rings. The number of carbonyl (C=O) groups excluding carboxylic acids is 3. The number of likely N-dealkylation sites (tertiary alicyclic amines) is 1. The quantitative estimate of drug-likeness (QED) is 0.484. The van der Waals surface area contributed by atoms with Gasteiger partial charge < -0.3 is 25.0 Å². The van der Waals surface area contributed by atoms with Gasteiger partial charge in [-0.3, -0.25) is 9.59 Å². The van der Waals surface area contributed by atoms with E-state index in [1.165, 1.54) is 19.3 Å². The molecule has 0 unspecified atom stereocenters. The van der Waals surface area contributed by atoms with Crippen molar-refractivity contribution in [1.82, 2.24) is 15.5 Å². The summed E-state index contributed by atoms with van der Waals surface area (Å²) in [5, 5.41) is 5.89. The maximum absolute atomic E-state index is 12.9. The fourth-order valence-corrected chi connectivity index (χ4v) is 4.91. The number of nitrogens with zero attached hydrogens (tertiary/aromatic N) is 1. The standard InChI is InChI=1S/C25H35N3O5/c29-23(7-4-12-26-25(31)27-20-5-2-1-3-6-20)28-13-10-18(11-14-28)24(30)19-8-9-21-22(17-19)33-16-15-32-21/h8-9,17-18,20H,1-7,10-16H2,(H2,26,27,31). The number of hydrogen-bond donors (Lipinski definition) is 2. The SMILES string of the molecule is O=C(NCCCC(=O)N1CCC(C(=O)c2ccc3c(c2)OCCO3)CC1)NC1CCCCC1. The molecule has 1 aliphatic carbocycles. The summed E-state index contributed by atoms with van der Waals surface area (Å²) in [4.78, 5) is 39.3. The Bertz CT molecular complexity index is 844. The van der Waals surface area contributed by atoms with Crippen molar-refractivity contribution in [3.8, 4) is 11.5 Å². The van der Waals surface area contributed by atoms with Gasteiger partial charge in [-0.1, -0.05) is 19.3 Å². The molecule has 3 amide bonds. The average Bonchev–Trinajstić information content (AvgIpc) is 2.86. The minimum absolute atomic E-state index is 0.0817. The second-order valence-corrected chi connectivity index (χ2v) is 9.22. The van der Waals surface area contributed by atoms with Gasteiger partial charge in [0, 0.05) is 43.6 Å². The van der Waals surface area contributed by atoms with Crippen molar-refractivity contribution in [2.45, 2.75) is 63.8 Å². The first kappa shape index (κ1) is 23.4. The third kappa shape index (κ3) is 6.39. The van der Waals surface area contributed by atoms with E-state index >= 15 is 0 Å². The highest BCUT2D eigenvalue weighted by molar-refractivity contribution is 5.98. The molecule has 8 nitrogen and oxygen atoms in total. The lowest BCUT2D eigenvalue weighted by Gasteiger charge is -2.31. The summed E-state index contributed by atoms with van der Waals surface area (Å²) in [5.41, 5.74) is 0.640. The molecule has 180 valence electrons. The van der Waals surface area contributed by atoms with Gasteiger partial charge in [0.05, 0.1) is 0 Å². The van der Waals surface area contributed by atoms with Crippen molar-refractivity contribution in [3.63, 3.8) is 0 Å². The van der Waals surface area contributed by atoms with Gasteiger partial charge >= 0.3 is 6.03 Å². The first-order valence-corrected chi connectivity index (χ1v) is 12.4. The van der Waals surface area contributed by atoms with Gasteiger partial charge in [0.2, 0.25) is 5.91 Å². The largest absolute Gasteiger partial charge is 0.486 e. The minimum atomic E-state index is -0.132. The van der Waals surface area contributed by atoms with Crippen LogP contribution in [0.5, 0.6) is 11.5 Å². The Kier molecular flexibility index (Phi) is 8.07. The maximum atomic E-state index is 12.9. The van der Waals surface area contributed by atoms with Gasteiger partial charge in [-0.15, -0.1) is 0 Å². The Morgan fingerprint density at radius 1 is 0.939 bits per heavy atom. The number of carbonyl (C=O) groups is 3. The van der Waals surface area contributed by atoms with Crippen LogP contribution in [0.25, 0.3) is 0 Å². The number of fused-ring (bicyclic) bond motifs is 1. The topological polar surface area (TPSA) is 97.0 Å². The number of piperidine rings is 1. The number of benzene rings is 1. The molecule has 0 bridgehead atoms. The number of ether oxygens (including phenoxy) is 2. The molecule has 0 radical (unpaired) electrons. The van der Waals surface area contributed by atoms with Crippen LogP contribution >= 0.6 is 0 Å². The molecule has 3 aliphatic rings. The Hall–Kier alpha value is -2.77. The fraction of sp³-hybridized carbons (Fsp3) is 0.640. The highest BCUT2D eigenvalue weighted by Crippen LogP contribution is 2.32. The fourth-order valence-electron chi connectivity index (χ4n) is 4.91. The zero-order valence-electron chi connectivity index (χ0n) is 19.3. The molecular formula is C25H35N3O5. The molecule has 0 atom stereocenters. The van der Waals surface area contributed by atoms with Gasteiger partial charge in [-0.25, -0.2) is 4.79 Å². The molecule has 0 aromatic heterocycles. The summed E-state index contributed by atoms with van der Waals surface area (Å²) >= 11 is 0. The average molecular weight is 458 g/mol. The second-order valence-electron chi connectivity index (χ2n) is 9.22. The molecule has 1 aromatic carbocycles. The van der Waals surface area contributed by atoms with Gasteiger partial charge in [0.25, 0.3) is 0 Å². The van der Waals surface area contributed by atoms with Crippen molar-refractivity contribution in [1.29, 1.82) is 0 Å². The van der Waals surface area contributed by atoms with Gasteiger partial charge in [0.1, 0.15) is 13.2 Å². The molecule has 1 saturated heterocycles. The summed E-state index contributed by atoms with van der Waals surface area (Å²) in [6.07, 6.45) is 8.08. The van der Waals surface area contributed by atoms with E-state index in [1.54, 1.807) is 18.2 Å². The van der Waals surface area contributed by atoms with E-state index in [0.29, 0.717) is 75.6 Å². The van der Waals surface area contributed by atoms with Crippen LogP contribution in [-0.4, -0.2) is 61.5 Å². The van der Waals surface area contributed by atoms with Crippen LogP contribution in [0.1, 0.15) is 68.1 Å². The lowest BCUT2D eigenvalue weighted by molar-refractivity contribution is -0.132. The molecule has 1 aromatic rings. The lowest BCUT2D eigenvalue weighted by atomic mass is 9.88. The summed E-state index contributed by atoms with van der Waals surface area (Å²) in [5.74, 6) is 1.42. The maximum Gasteiger partial charge on any atom is 0.315 e. The van der Waals surface area contributed by atoms with Crippen molar-refractivity contribution < 1.29 is 23.9 Å². The van der Waals surface area contributed by atoms with E-state index in [0.717, 1.165) is 12.8 Å². The Morgan fingerprint density at radius 3 is 2.42 bits per heavy atom. The lowest BCUT2D eigenvalue weighted by Crippen LogP contribution is -2.43. The van der Waals surface area contributed by atoms with Crippen LogP contribution in [0.4, 0.5) is 4.79 Å². The molecule has 0 spiro atoms. The van der Waals surface area contributed by atoms with Gasteiger partial charge in [-0.2, -0.15) is 0 Å². The number of Topliss-reactive ketones (excluding diaryl/α,β-unsaturated/α-hetero) is 1. The van der Waals surface area contributed by atoms with E-state index in [2.05, 4.69) is 10.6 Å². The molecular weight excluding hydrogens is 422 g/mol. The van der Waals surface area contributed by atoms with Gasteiger partial charge in [0.15, 0.2) is 17.3 Å². The third-order valence-corrected chi connectivity index (χ3v) is 6.84. The van der Waals surface area contributed by atoms with E-state index in [9.17, 15) is 14.4 Å². The van der Waals surface area contributed by atoms with E-state index in [4.69, 9.17) is 9.47 Å². The molecule has 2 aliphatic heterocycles. The summed E-state index contributed by atoms with van der Waals surface area (Å²) in [6.45, 7) is 2.69. The second kappa shape index (κ2) is 11.4. The number of hydrogen-bond acceptors (Lipinski definition) is 5. The van der Waals surface area contributed by atoms with E-state index in [-0.39, 0.29) is 29.7 Å². The predicted molar refractivity (Wildman–Crippen MR) is 124 cm³/mol. The predicted octanol–water partition coefficient (Wildman–Crippen LogP) is 3.29. The highest BCUT2D eigenvalue weighted by Gasteiger charge is 2.28. The molecule has 4 rings (SSSR count). The van der Waals surface area contributed by atoms with Crippen LogP contribution in [-0.2, 0) is 4.79 Å². The van der Waals surface area contributed by atoms with E-state index < -0.39 is 0 Å². The van der Waals surface area contributed by atoms with Crippen LogP contribution in [0.2, 0.25) is 0 Å². The molecule has 2 heterocycles. The van der Waals surface area contributed by atoms with Crippen molar-refractivity contribution >= 4 is 17.7 Å². The van der Waals surface area contributed by atoms with Crippen LogP contribution in [0.15, 0.2) is 18.2 Å². The smallest absolute Gasteiger partial charge is 0.315 e. The minimum Gasteiger partial charge on any atom is -0.486 e. The molecule has 8 heteroatoms. The number of ketones is 1. The monoisotopic (exact) mass is 457 g/mol. The summed E-state index contributed by atoms with van der Waals surface area (Å²) < 4.78 is 11.1. The normalized spacial score (nSPS) is 19.1. The number of nitrogens with one attached hydrogen (secondary N) is 2. The first-order valence-electron chi connectivity index (χ1n) is 12.4. The van der Waals surface area contributed by atoms with Crippen LogP contribution < -0.4 is 20.1 Å². The zero-order chi connectivity index (χ0) is 23.0. The Balaban J connectivity index is 1.14. The van der Waals surface area contributed by atoms with Crippen molar-refractivity contribution in [2.24, 2.45) is 5.92 Å². The molecule has 1 saturated carbocycles. The van der Waals surface area contributed by atoms with Crippen molar-refractivity contribution in [2.75, 3.05) is 32.8 Å². The summed E-state index contributed by atoms with van der Waals surface area (Å²) in [7, 11) is 0. The molecule has 33 heavy (non-hydrogen) atoms. The Labute approximate surface area is 195 Å². The van der Waals surface area contributed by atoms with Gasteiger partial charge in [-0.05, 0) is 50.3 Å². The van der Waals surface area contributed by atoms with Crippen LogP contribution in [0, 0.1) is 5.92 Å². The van der Waals surface area contributed by atoms with Crippen molar-refractivity contribution in [3.05, 3.63) is 23.8 Å². The summed E-state index contributed by atoms with van der Waals surface area (Å²) in [6, 6.07) is 5.51. The van der Waals surface area contributed by atoms with E-state index in [1.807, 2.05) is 4.90 Å². The first-order chi connectivity index (χ1) is 16.1. The number of urea groups is 1. The zero-order valence-corrected chi connectivity index (χ0v) is 19.3. The molecule has 2 N–H and O–H groups in total.